The fourth-order valence-electron chi connectivity index (χ4n) is 0.916. The summed E-state index contributed by atoms with van der Waals surface area (Å²) in [5.74, 6) is 0. The molecular weight excluding hydrogens is 200 g/mol. The van der Waals surface area contributed by atoms with E-state index >= 15 is 0 Å². The fraction of sp³-hybridized carbons (Fsp3) is 0.400. The third kappa shape index (κ3) is 3.57. The van der Waals surface area contributed by atoms with Gasteiger partial charge in [-0.15, -0.1) is 13.2 Å². The highest BCUT2D eigenvalue weighted by Crippen LogP contribution is 2.26. The lowest BCUT2D eigenvalue weighted by molar-refractivity contribution is 0.903. The van der Waals surface area contributed by atoms with Crippen molar-refractivity contribution in [2.24, 2.45) is 0 Å². The number of halogens is 1. The van der Waals surface area contributed by atoms with Gasteiger partial charge >= 0.3 is 0 Å². The van der Waals surface area contributed by atoms with Crippen molar-refractivity contribution in [1.29, 1.82) is 0 Å². The zero-order valence-electron chi connectivity index (χ0n) is 7.28. The van der Waals surface area contributed by atoms with Gasteiger partial charge in [0.2, 0.25) is 0 Å². The van der Waals surface area contributed by atoms with Crippen LogP contribution in [0, 0.1) is 0 Å². The van der Waals surface area contributed by atoms with Crippen molar-refractivity contribution in [3.63, 3.8) is 0 Å². The molecule has 62 valence electrons. The first-order valence-electron chi connectivity index (χ1n) is 3.72. The molecule has 0 nitrogen and oxygen atoms in total. The predicted octanol–water partition coefficient (Wildman–Crippen LogP) is 4.20. The molecule has 0 aromatic heterocycles. The smallest absolute Gasteiger partial charge is 0.0164 e. The van der Waals surface area contributed by atoms with Gasteiger partial charge in [-0.25, -0.2) is 0 Å². The van der Waals surface area contributed by atoms with E-state index in [0.717, 1.165) is 0 Å². The minimum Gasteiger partial charge on any atom is -0.106 e. The van der Waals surface area contributed by atoms with E-state index < -0.39 is 0 Å². The van der Waals surface area contributed by atoms with Crippen molar-refractivity contribution >= 4 is 15.9 Å². The second-order valence-electron chi connectivity index (χ2n) is 2.62. The first-order chi connectivity index (χ1) is 5.20. The number of hydrogen-bond acceptors (Lipinski definition) is 0. The van der Waals surface area contributed by atoms with E-state index in [1.807, 2.05) is 0 Å². The second-order valence-corrected chi connectivity index (χ2v) is 3.47. The molecule has 0 N–H and O–H groups in total. The van der Waals surface area contributed by atoms with E-state index in [2.05, 4.69) is 49.0 Å². The van der Waals surface area contributed by atoms with Crippen molar-refractivity contribution in [3.05, 3.63) is 34.9 Å². The normalized spacial score (nSPS) is 16.8. The van der Waals surface area contributed by atoms with Crippen LogP contribution in [0.1, 0.15) is 26.7 Å². The van der Waals surface area contributed by atoms with Crippen molar-refractivity contribution in [1.82, 2.24) is 0 Å². The van der Waals surface area contributed by atoms with Gasteiger partial charge in [0, 0.05) is 4.48 Å². The Hall–Kier alpha value is -0.300. The maximum absolute atomic E-state index is 3.50. The average molecular weight is 215 g/mol. The van der Waals surface area contributed by atoms with Gasteiger partial charge in [0.25, 0.3) is 0 Å². The molecule has 0 saturated carbocycles. The molecule has 1 aliphatic carbocycles. The molecule has 0 spiro atoms. The summed E-state index contributed by atoms with van der Waals surface area (Å²) in [6, 6.07) is 0. The van der Waals surface area contributed by atoms with E-state index in [-0.39, 0.29) is 0 Å². The van der Waals surface area contributed by atoms with Crippen LogP contribution < -0.4 is 0 Å². The van der Waals surface area contributed by atoms with Gasteiger partial charge in [0.1, 0.15) is 0 Å². The van der Waals surface area contributed by atoms with Crippen LogP contribution >= 0.6 is 15.9 Å². The molecule has 0 aliphatic heterocycles. The van der Waals surface area contributed by atoms with Gasteiger partial charge in [-0.3, -0.25) is 0 Å². The predicted molar refractivity (Wildman–Crippen MR) is 55.9 cm³/mol. The number of hydrogen-bond donors (Lipinski definition) is 0. The second kappa shape index (κ2) is 5.36. The lowest BCUT2D eigenvalue weighted by atomic mass is 10.0. The van der Waals surface area contributed by atoms with Crippen molar-refractivity contribution in [2.45, 2.75) is 26.7 Å². The Balaban J connectivity index is 0.000000461. The summed E-state index contributed by atoms with van der Waals surface area (Å²) < 4.78 is 1.28. The zero-order valence-corrected chi connectivity index (χ0v) is 8.87. The highest BCUT2D eigenvalue weighted by Gasteiger charge is 2.03. The maximum atomic E-state index is 3.50. The highest BCUT2D eigenvalue weighted by atomic mass is 79.9. The summed E-state index contributed by atoms with van der Waals surface area (Å²) >= 11 is 3.50. The molecular formula is C10H15Br. The molecule has 0 amide bonds. The maximum Gasteiger partial charge on any atom is 0.0164 e. The van der Waals surface area contributed by atoms with E-state index in [1.165, 1.54) is 28.5 Å². The molecule has 1 rings (SSSR count). The van der Waals surface area contributed by atoms with E-state index in [4.69, 9.17) is 0 Å². The van der Waals surface area contributed by atoms with Crippen molar-refractivity contribution < 1.29 is 0 Å². The van der Waals surface area contributed by atoms with E-state index in [9.17, 15) is 0 Å². The molecule has 0 aromatic carbocycles. The molecule has 1 heteroatoms. The van der Waals surface area contributed by atoms with E-state index in [1.54, 1.807) is 0 Å². The molecule has 0 aromatic rings. The van der Waals surface area contributed by atoms with Crippen LogP contribution in [-0.4, -0.2) is 0 Å². The molecule has 0 bridgehead atoms. The Morgan fingerprint density at radius 2 is 1.82 bits per heavy atom. The lowest BCUT2D eigenvalue weighted by Crippen LogP contribution is -1.89. The quantitative estimate of drug-likeness (QED) is 0.531. The van der Waals surface area contributed by atoms with Crippen LogP contribution in [0.25, 0.3) is 0 Å². The minimum absolute atomic E-state index is 1.23. The average Bonchev–Trinajstić information content (AvgIpc) is 2.02. The Bertz CT molecular complexity index is 187. The Kier molecular flexibility index (Phi) is 5.22. The van der Waals surface area contributed by atoms with Crippen LogP contribution in [0.2, 0.25) is 0 Å². The molecule has 0 heterocycles. The molecule has 11 heavy (non-hydrogen) atoms. The number of rotatable bonds is 0. The number of allylic oxidation sites excluding steroid dienone is 4. The SMILES string of the molecule is C=C.CC1=CC(Br)=C(C)CC1. The third-order valence-electron chi connectivity index (χ3n) is 1.68. The Morgan fingerprint density at radius 1 is 1.27 bits per heavy atom. The first kappa shape index (κ1) is 10.7. The molecule has 0 unspecified atom stereocenters. The third-order valence-corrected chi connectivity index (χ3v) is 2.58. The van der Waals surface area contributed by atoms with Gasteiger partial charge in [-0.1, -0.05) is 27.1 Å². The summed E-state index contributed by atoms with van der Waals surface area (Å²) in [7, 11) is 0. The van der Waals surface area contributed by atoms with Crippen LogP contribution in [0.15, 0.2) is 34.9 Å². The summed E-state index contributed by atoms with van der Waals surface area (Å²) in [4.78, 5) is 0. The van der Waals surface area contributed by atoms with Gasteiger partial charge < -0.3 is 0 Å². The van der Waals surface area contributed by atoms with Crippen LogP contribution in [0.5, 0.6) is 0 Å². The van der Waals surface area contributed by atoms with Gasteiger partial charge in [0.15, 0.2) is 0 Å². The largest absolute Gasteiger partial charge is 0.106 e. The van der Waals surface area contributed by atoms with Crippen molar-refractivity contribution in [2.75, 3.05) is 0 Å². The molecule has 1 aliphatic rings. The minimum atomic E-state index is 1.23. The molecule has 0 saturated heterocycles. The van der Waals surface area contributed by atoms with Crippen LogP contribution in [0.3, 0.4) is 0 Å². The van der Waals surface area contributed by atoms with Crippen LogP contribution in [0.4, 0.5) is 0 Å². The van der Waals surface area contributed by atoms with Gasteiger partial charge in [0.05, 0.1) is 0 Å². The first-order valence-corrected chi connectivity index (χ1v) is 4.52. The zero-order chi connectivity index (χ0) is 8.85. The fourth-order valence-corrected chi connectivity index (χ4v) is 1.50. The molecule has 0 radical (unpaired) electrons. The summed E-state index contributed by atoms with van der Waals surface area (Å²) in [5, 5.41) is 0. The monoisotopic (exact) mass is 214 g/mol. The summed E-state index contributed by atoms with van der Waals surface area (Å²) in [5.41, 5.74) is 2.95. The highest BCUT2D eigenvalue weighted by molar-refractivity contribution is 9.11. The molecule has 0 fully saturated rings. The summed E-state index contributed by atoms with van der Waals surface area (Å²) in [6.07, 6.45) is 4.67. The van der Waals surface area contributed by atoms with Gasteiger partial charge in [-0.2, -0.15) is 0 Å². The Morgan fingerprint density at radius 3 is 2.18 bits per heavy atom. The Labute approximate surface area is 77.8 Å². The lowest BCUT2D eigenvalue weighted by Gasteiger charge is -2.10. The molecule has 0 atom stereocenters. The van der Waals surface area contributed by atoms with E-state index in [0.29, 0.717) is 0 Å². The van der Waals surface area contributed by atoms with Crippen LogP contribution in [-0.2, 0) is 0 Å². The van der Waals surface area contributed by atoms with Gasteiger partial charge in [-0.05, 0) is 32.8 Å². The van der Waals surface area contributed by atoms with Crippen molar-refractivity contribution in [3.8, 4) is 0 Å². The topological polar surface area (TPSA) is 0 Å². The standard InChI is InChI=1S/C8H11Br.C2H4/c1-6-3-4-7(2)8(9)5-6;1-2/h5H,3-4H2,1-2H3;1-2H2. The summed E-state index contributed by atoms with van der Waals surface area (Å²) in [6.45, 7) is 10.3.